The predicted octanol–water partition coefficient (Wildman–Crippen LogP) is 2.17. The first-order valence-electron chi connectivity index (χ1n) is 6.41. The summed E-state index contributed by atoms with van der Waals surface area (Å²) in [4.78, 5) is 0. The summed E-state index contributed by atoms with van der Waals surface area (Å²) in [5.74, 6) is 1.13. The van der Waals surface area contributed by atoms with Gasteiger partial charge in [0.15, 0.2) is 0 Å². The Morgan fingerprint density at radius 1 is 1.37 bits per heavy atom. The minimum absolute atomic E-state index is 0.108. The number of primary sulfonamides is 1. The van der Waals surface area contributed by atoms with Gasteiger partial charge in [-0.05, 0) is 36.3 Å². The lowest BCUT2D eigenvalue weighted by Crippen LogP contribution is -2.32. The molecule has 1 heterocycles. The van der Waals surface area contributed by atoms with Crippen LogP contribution in [0.3, 0.4) is 0 Å². The van der Waals surface area contributed by atoms with Crippen LogP contribution in [-0.4, -0.2) is 25.5 Å². The van der Waals surface area contributed by atoms with Crippen LogP contribution in [0.2, 0.25) is 0 Å². The van der Waals surface area contributed by atoms with E-state index in [1.54, 1.807) is 0 Å². The first-order chi connectivity index (χ1) is 8.94. The smallest absolute Gasteiger partial charge is 0.213 e. The molecule has 0 saturated carbocycles. The van der Waals surface area contributed by atoms with Gasteiger partial charge in [-0.1, -0.05) is 19.1 Å². The molecule has 4 nitrogen and oxygen atoms in total. The van der Waals surface area contributed by atoms with Gasteiger partial charge in [0.25, 0.3) is 0 Å². The van der Waals surface area contributed by atoms with Crippen molar-refractivity contribution in [2.45, 2.75) is 36.8 Å². The molecule has 19 heavy (non-hydrogen) atoms. The van der Waals surface area contributed by atoms with Gasteiger partial charge < -0.3 is 5.32 Å². The van der Waals surface area contributed by atoms with Crippen LogP contribution < -0.4 is 10.5 Å². The van der Waals surface area contributed by atoms with E-state index in [-0.39, 0.29) is 5.75 Å². The molecule has 0 spiro atoms. The fourth-order valence-corrected chi connectivity index (χ4v) is 4.06. The average molecular weight is 300 g/mol. The van der Waals surface area contributed by atoms with E-state index >= 15 is 0 Å². The third-order valence-electron chi connectivity index (χ3n) is 3.28. The lowest BCUT2D eigenvalue weighted by molar-refractivity contribution is 0.597. The molecule has 1 aliphatic rings. The number of nitrogens with one attached hydrogen (secondary N) is 1. The van der Waals surface area contributed by atoms with Crippen molar-refractivity contribution in [3.8, 4) is 0 Å². The Bertz CT molecular complexity index is 514. The maximum absolute atomic E-state index is 11.0. The second kappa shape index (κ2) is 6.15. The molecule has 1 aromatic rings. The lowest BCUT2D eigenvalue weighted by atomic mass is 10.1. The number of thioether (sulfide) groups is 1. The van der Waals surface area contributed by atoms with Gasteiger partial charge in [-0.2, -0.15) is 11.8 Å². The van der Waals surface area contributed by atoms with E-state index in [0.717, 1.165) is 11.3 Å². The fraction of sp³-hybridized carbons (Fsp3) is 0.538. The Balaban J connectivity index is 1.98. The highest BCUT2D eigenvalue weighted by molar-refractivity contribution is 8.00. The number of hydrogen-bond acceptors (Lipinski definition) is 4. The number of rotatable bonds is 4. The van der Waals surface area contributed by atoms with E-state index in [2.05, 4.69) is 12.2 Å². The van der Waals surface area contributed by atoms with Gasteiger partial charge in [0, 0.05) is 17.0 Å². The van der Waals surface area contributed by atoms with Gasteiger partial charge >= 0.3 is 0 Å². The maximum atomic E-state index is 11.0. The molecule has 0 radical (unpaired) electrons. The summed E-state index contributed by atoms with van der Waals surface area (Å²) in [6.07, 6.45) is 2.43. The van der Waals surface area contributed by atoms with E-state index < -0.39 is 10.0 Å². The van der Waals surface area contributed by atoms with Crippen molar-refractivity contribution in [2.24, 2.45) is 5.14 Å². The fourth-order valence-electron chi connectivity index (χ4n) is 2.26. The molecule has 1 aliphatic heterocycles. The topological polar surface area (TPSA) is 72.2 Å². The van der Waals surface area contributed by atoms with Crippen LogP contribution in [0.15, 0.2) is 24.3 Å². The summed E-state index contributed by atoms with van der Waals surface area (Å²) in [5, 5.41) is 9.16. The zero-order chi connectivity index (χ0) is 13.9. The molecular formula is C13H20N2O2S2. The van der Waals surface area contributed by atoms with Crippen molar-refractivity contribution in [1.82, 2.24) is 0 Å². The Morgan fingerprint density at radius 3 is 2.63 bits per heavy atom. The summed E-state index contributed by atoms with van der Waals surface area (Å²) < 4.78 is 22.0. The van der Waals surface area contributed by atoms with Gasteiger partial charge in [0.2, 0.25) is 10.0 Å². The van der Waals surface area contributed by atoms with E-state index in [4.69, 9.17) is 5.14 Å². The zero-order valence-corrected chi connectivity index (χ0v) is 12.6. The molecule has 106 valence electrons. The van der Waals surface area contributed by atoms with Crippen LogP contribution >= 0.6 is 11.8 Å². The van der Waals surface area contributed by atoms with Crippen LogP contribution in [0, 0.1) is 0 Å². The van der Waals surface area contributed by atoms with Crippen LogP contribution in [0.25, 0.3) is 0 Å². The molecule has 6 heteroatoms. The summed E-state index contributed by atoms with van der Waals surface area (Å²) in [6.45, 7) is 2.25. The quantitative estimate of drug-likeness (QED) is 0.894. The van der Waals surface area contributed by atoms with E-state index in [9.17, 15) is 8.42 Å². The summed E-state index contributed by atoms with van der Waals surface area (Å²) in [6, 6.07) is 7.96. The molecule has 0 aliphatic carbocycles. The van der Waals surface area contributed by atoms with E-state index in [1.165, 1.54) is 18.6 Å². The predicted molar refractivity (Wildman–Crippen MR) is 81.8 cm³/mol. The van der Waals surface area contributed by atoms with Crippen molar-refractivity contribution >= 4 is 27.5 Å². The summed E-state index contributed by atoms with van der Waals surface area (Å²) in [5.41, 5.74) is 1.76. The van der Waals surface area contributed by atoms with Crippen molar-refractivity contribution in [2.75, 3.05) is 11.1 Å². The Morgan fingerprint density at radius 2 is 2.05 bits per heavy atom. The van der Waals surface area contributed by atoms with E-state index in [1.807, 2.05) is 36.0 Å². The molecule has 0 bridgehead atoms. The standard InChI is InChI=1S/C13H20N2O2S2/c1-10-13(3-2-8-18-10)15-12-6-4-11(5-7-12)9-19(14,16)17/h4-7,10,13,15H,2-3,8-9H2,1H3,(H2,14,16,17). The number of nitrogens with two attached hydrogens (primary N) is 1. The number of anilines is 1. The summed E-state index contributed by atoms with van der Waals surface area (Å²) in [7, 11) is -3.45. The van der Waals surface area contributed by atoms with Gasteiger partial charge in [0.1, 0.15) is 0 Å². The number of benzene rings is 1. The highest BCUT2D eigenvalue weighted by Crippen LogP contribution is 2.27. The number of sulfonamides is 1. The minimum atomic E-state index is -3.45. The first kappa shape index (κ1) is 14.7. The van der Waals surface area contributed by atoms with Gasteiger partial charge in [-0.3, -0.25) is 0 Å². The lowest BCUT2D eigenvalue weighted by Gasteiger charge is -2.30. The second-order valence-corrected chi connectivity index (χ2v) is 8.07. The molecule has 0 amide bonds. The molecule has 3 N–H and O–H groups in total. The average Bonchev–Trinajstić information content (AvgIpc) is 2.33. The van der Waals surface area contributed by atoms with Crippen molar-refractivity contribution in [3.63, 3.8) is 0 Å². The van der Waals surface area contributed by atoms with Gasteiger partial charge in [-0.15, -0.1) is 0 Å². The van der Waals surface area contributed by atoms with Crippen LogP contribution in [0.5, 0.6) is 0 Å². The monoisotopic (exact) mass is 300 g/mol. The minimum Gasteiger partial charge on any atom is -0.381 e. The Labute approximate surface area is 119 Å². The van der Waals surface area contributed by atoms with Crippen LogP contribution in [0.4, 0.5) is 5.69 Å². The van der Waals surface area contributed by atoms with Gasteiger partial charge in [0.05, 0.1) is 5.75 Å². The Hall–Kier alpha value is -0.720. The Kier molecular flexibility index (Phi) is 4.76. The SMILES string of the molecule is CC1SCCCC1Nc1ccc(CS(N)(=O)=O)cc1. The van der Waals surface area contributed by atoms with Gasteiger partial charge in [-0.25, -0.2) is 13.6 Å². The summed E-state index contributed by atoms with van der Waals surface area (Å²) >= 11 is 2.00. The molecule has 2 atom stereocenters. The molecule has 0 aromatic heterocycles. The molecule has 2 unspecified atom stereocenters. The van der Waals surface area contributed by atoms with E-state index in [0.29, 0.717) is 11.3 Å². The third kappa shape index (κ3) is 4.71. The molecular weight excluding hydrogens is 280 g/mol. The number of hydrogen-bond donors (Lipinski definition) is 2. The largest absolute Gasteiger partial charge is 0.381 e. The van der Waals surface area contributed by atoms with Crippen LogP contribution in [0.1, 0.15) is 25.3 Å². The molecule has 1 fully saturated rings. The molecule has 2 rings (SSSR count). The second-order valence-electron chi connectivity index (χ2n) is 4.97. The third-order valence-corrected chi connectivity index (χ3v) is 5.40. The highest BCUT2D eigenvalue weighted by atomic mass is 32.2. The molecule has 1 aromatic carbocycles. The van der Waals surface area contributed by atoms with Crippen molar-refractivity contribution < 1.29 is 8.42 Å². The highest BCUT2D eigenvalue weighted by Gasteiger charge is 2.21. The zero-order valence-electron chi connectivity index (χ0n) is 11.0. The van der Waals surface area contributed by atoms with Crippen molar-refractivity contribution in [3.05, 3.63) is 29.8 Å². The van der Waals surface area contributed by atoms with Crippen LogP contribution in [-0.2, 0) is 15.8 Å². The molecule has 1 saturated heterocycles. The normalized spacial score (nSPS) is 24.1. The maximum Gasteiger partial charge on any atom is 0.213 e. The first-order valence-corrected chi connectivity index (χ1v) is 9.18. The van der Waals surface area contributed by atoms with Crippen molar-refractivity contribution in [1.29, 1.82) is 0 Å².